The van der Waals surface area contributed by atoms with Gasteiger partial charge in [0.2, 0.25) is 0 Å². The summed E-state index contributed by atoms with van der Waals surface area (Å²) in [5, 5.41) is 22.8. The van der Waals surface area contributed by atoms with Crippen LogP contribution < -0.4 is 14.8 Å². The molecule has 0 aliphatic carbocycles. The van der Waals surface area contributed by atoms with Gasteiger partial charge in [0.05, 0.1) is 31.7 Å². The highest BCUT2D eigenvalue weighted by Crippen LogP contribution is 2.31. The number of amides is 1. The van der Waals surface area contributed by atoms with E-state index in [9.17, 15) is 10.0 Å². The van der Waals surface area contributed by atoms with E-state index < -0.39 is 5.91 Å². The molecule has 3 aromatic carbocycles. The lowest BCUT2D eigenvalue weighted by atomic mass is 9.92. The van der Waals surface area contributed by atoms with Crippen LogP contribution in [0.4, 0.5) is 5.82 Å². The number of fused-ring (bicyclic) bond motifs is 1. The zero-order valence-corrected chi connectivity index (χ0v) is 24.5. The van der Waals surface area contributed by atoms with Crippen LogP contribution in [0, 0.1) is 0 Å². The average molecular weight is 572 g/mol. The van der Waals surface area contributed by atoms with Gasteiger partial charge in [-0.2, -0.15) is 5.10 Å². The minimum atomic E-state index is -0.576. The van der Waals surface area contributed by atoms with Crippen LogP contribution >= 0.6 is 0 Å². The van der Waals surface area contributed by atoms with E-state index in [4.69, 9.17) is 19.3 Å². The zero-order valence-electron chi connectivity index (χ0n) is 24.5. The lowest BCUT2D eigenvalue weighted by Crippen LogP contribution is -2.38. The van der Waals surface area contributed by atoms with E-state index in [2.05, 4.69) is 15.4 Å². The number of carbonyl (C=O) groups is 1. The van der Waals surface area contributed by atoms with Gasteiger partial charge >= 0.3 is 0 Å². The Labute approximate surface area is 245 Å². The number of hydrogen-bond acceptors (Lipinski definition) is 8. The summed E-state index contributed by atoms with van der Waals surface area (Å²) in [7, 11) is 1.60. The van der Waals surface area contributed by atoms with Gasteiger partial charge in [-0.15, -0.1) is 0 Å². The second-order valence-electron chi connectivity index (χ2n) is 11.1. The van der Waals surface area contributed by atoms with E-state index in [1.54, 1.807) is 17.9 Å². The number of rotatable bonds is 9. The van der Waals surface area contributed by atoms with Gasteiger partial charge in [-0.1, -0.05) is 56.3 Å². The number of methoxy groups -OCH3 is 1. The highest BCUT2D eigenvalue weighted by atomic mass is 16.5. The standard InChI is InChI=1S/C32H37N5O5/c1-32(2,3)28-21-29(37(34-28)22-8-7-9-23(20-22)40-4)33-31(38)30(35-39)26-12-13-27(25-11-6-5-10-24(25)26)42-19-16-36-14-17-41-18-15-36/h5-13,20-21,39H,14-19H2,1-4H3,(H,33,38). The van der Waals surface area contributed by atoms with Crippen molar-refractivity contribution in [3.05, 3.63) is 78.0 Å². The number of carbonyl (C=O) groups excluding carboxylic acids is 1. The predicted molar refractivity (Wildman–Crippen MR) is 162 cm³/mol. The van der Waals surface area contributed by atoms with Crippen LogP contribution in [0.3, 0.4) is 0 Å². The van der Waals surface area contributed by atoms with Gasteiger partial charge in [-0.3, -0.25) is 9.69 Å². The summed E-state index contributed by atoms with van der Waals surface area (Å²) in [6.45, 7) is 10.7. The number of nitrogens with zero attached hydrogens (tertiary/aromatic N) is 4. The highest BCUT2D eigenvalue weighted by Gasteiger charge is 2.25. The molecule has 4 aromatic rings. The number of benzene rings is 3. The summed E-state index contributed by atoms with van der Waals surface area (Å²) in [4.78, 5) is 16.0. The molecule has 2 N–H and O–H groups in total. The molecule has 0 spiro atoms. The van der Waals surface area contributed by atoms with Gasteiger partial charge in [0, 0.05) is 48.1 Å². The smallest absolute Gasteiger partial charge is 0.279 e. The minimum Gasteiger partial charge on any atom is -0.497 e. The van der Waals surface area contributed by atoms with Gasteiger partial charge < -0.3 is 24.7 Å². The molecule has 0 atom stereocenters. The van der Waals surface area contributed by atoms with Crippen molar-refractivity contribution >= 4 is 28.2 Å². The predicted octanol–water partition coefficient (Wildman–Crippen LogP) is 4.86. The second-order valence-corrected chi connectivity index (χ2v) is 11.1. The Balaban J connectivity index is 1.42. The molecular weight excluding hydrogens is 534 g/mol. The molecule has 10 nitrogen and oxygen atoms in total. The molecular formula is C32H37N5O5. The summed E-state index contributed by atoms with van der Waals surface area (Å²) in [5.74, 6) is 1.22. The fraction of sp³-hybridized carbons (Fsp3) is 0.344. The maximum absolute atomic E-state index is 13.7. The summed E-state index contributed by atoms with van der Waals surface area (Å²) in [6, 6.07) is 20.4. The fourth-order valence-electron chi connectivity index (χ4n) is 4.89. The van der Waals surface area contributed by atoms with E-state index >= 15 is 0 Å². The van der Waals surface area contributed by atoms with Gasteiger partial charge in [0.15, 0.2) is 5.71 Å². The van der Waals surface area contributed by atoms with E-state index in [0.29, 0.717) is 35.2 Å². The third kappa shape index (κ3) is 6.40. The number of aromatic nitrogens is 2. The molecule has 220 valence electrons. The van der Waals surface area contributed by atoms with Crippen LogP contribution in [0.15, 0.2) is 71.9 Å². The highest BCUT2D eigenvalue weighted by molar-refractivity contribution is 6.50. The van der Waals surface area contributed by atoms with Crippen LogP contribution in [0.2, 0.25) is 0 Å². The van der Waals surface area contributed by atoms with Crippen molar-refractivity contribution in [2.75, 3.05) is 51.9 Å². The molecule has 10 heteroatoms. The van der Waals surface area contributed by atoms with Gasteiger partial charge in [0.1, 0.15) is 23.9 Å². The molecule has 1 fully saturated rings. The van der Waals surface area contributed by atoms with E-state index in [0.717, 1.165) is 49.3 Å². The van der Waals surface area contributed by atoms with Crippen molar-refractivity contribution < 1.29 is 24.2 Å². The van der Waals surface area contributed by atoms with Crippen molar-refractivity contribution in [1.82, 2.24) is 14.7 Å². The van der Waals surface area contributed by atoms with E-state index in [1.165, 1.54) is 0 Å². The minimum absolute atomic E-state index is 0.123. The van der Waals surface area contributed by atoms with Crippen molar-refractivity contribution in [3.8, 4) is 17.2 Å². The second kappa shape index (κ2) is 12.6. The van der Waals surface area contributed by atoms with E-state index in [1.807, 2.05) is 81.4 Å². The molecule has 0 radical (unpaired) electrons. The Morgan fingerprint density at radius 1 is 1.05 bits per heavy atom. The van der Waals surface area contributed by atoms with Gasteiger partial charge in [0.25, 0.3) is 5.91 Å². The first kappa shape index (κ1) is 29.1. The Morgan fingerprint density at radius 3 is 2.52 bits per heavy atom. The molecule has 1 aliphatic heterocycles. The maximum atomic E-state index is 13.7. The van der Waals surface area contributed by atoms with Crippen molar-refractivity contribution in [3.63, 3.8) is 0 Å². The molecule has 1 saturated heterocycles. The lowest BCUT2D eigenvalue weighted by molar-refractivity contribution is -0.110. The summed E-state index contributed by atoms with van der Waals surface area (Å²) in [5.41, 5.74) is 1.58. The first-order valence-electron chi connectivity index (χ1n) is 14.0. The number of ether oxygens (including phenoxy) is 3. The van der Waals surface area contributed by atoms with Gasteiger partial charge in [-0.25, -0.2) is 4.68 Å². The van der Waals surface area contributed by atoms with Crippen molar-refractivity contribution in [2.45, 2.75) is 26.2 Å². The lowest BCUT2D eigenvalue weighted by Gasteiger charge is -2.26. The van der Waals surface area contributed by atoms with Gasteiger partial charge in [-0.05, 0) is 29.7 Å². The topological polar surface area (TPSA) is 110 Å². The Bertz CT molecular complexity index is 1580. The summed E-state index contributed by atoms with van der Waals surface area (Å²) >= 11 is 0. The van der Waals surface area contributed by atoms with Crippen LogP contribution in [0.5, 0.6) is 11.5 Å². The number of oxime groups is 1. The number of morpholine rings is 1. The average Bonchev–Trinajstić information content (AvgIpc) is 3.43. The van der Waals surface area contributed by atoms with Crippen LogP contribution in [-0.4, -0.2) is 78.1 Å². The molecule has 1 aliphatic rings. The molecule has 42 heavy (non-hydrogen) atoms. The molecule has 0 bridgehead atoms. The van der Waals surface area contributed by atoms with Crippen LogP contribution in [-0.2, 0) is 14.9 Å². The largest absolute Gasteiger partial charge is 0.497 e. The monoisotopic (exact) mass is 571 g/mol. The third-order valence-corrected chi connectivity index (χ3v) is 7.24. The summed E-state index contributed by atoms with van der Waals surface area (Å²) in [6.07, 6.45) is 0. The molecule has 0 saturated carbocycles. The first-order valence-corrected chi connectivity index (χ1v) is 14.0. The first-order chi connectivity index (χ1) is 20.3. The Hall–Kier alpha value is -4.41. The van der Waals surface area contributed by atoms with Crippen molar-refractivity contribution in [1.29, 1.82) is 0 Å². The summed E-state index contributed by atoms with van der Waals surface area (Å²) < 4.78 is 18.6. The molecule has 2 heterocycles. The zero-order chi connectivity index (χ0) is 29.7. The molecule has 1 amide bonds. The Morgan fingerprint density at radius 2 is 1.81 bits per heavy atom. The molecule has 1 aromatic heterocycles. The number of nitrogens with one attached hydrogen (secondary N) is 1. The normalized spacial score (nSPS) is 14.6. The van der Waals surface area contributed by atoms with Crippen LogP contribution in [0.25, 0.3) is 16.5 Å². The number of hydrogen-bond donors (Lipinski definition) is 2. The molecule has 0 unspecified atom stereocenters. The Kier molecular flexibility index (Phi) is 8.75. The van der Waals surface area contributed by atoms with Crippen molar-refractivity contribution in [2.24, 2.45) is 5.16 Å². The third-order valence-electron chi connectivity index (χ3n) is 7.24. The molecule has 5 rings (SSSR count). The fourth-order valence-corrected chi connectivity index (χ4v) is 4.89. The quantitative estimate of drug-likeness (QED) is 0.168. The maximum Gasteiger partial charge on any atom is 0.279 e. The SMILES string of the molecule is COc1cccc(-n2nc(C(C)(C)C)cc2NC(=O)C(=NO)c2ccc(OCCN3CCOCC3)c3ccccc23)c1. The van der Waals surface area contributed by atoms with Crippen LogP contribution in [0.1, 0.15) is 32.0 Å². The number of anilines is 1. The van der Waals surface area contributed by atoms with E-state index in [-0.39, 0.29) is 11.1 Å².